The molecule has 0 saturated carbocycles. The molecule has 1 rings (SSSR count). The van der Waals surface area contributed by atoms with Gasteiger partial charge < -0.3 is 24.4 Å². The van der Waals surface area contributed by atoms with Crippen LogP contribution in [0.3, 0.4) is 0 Å². The van der Waals surface area contributed by atoms with Crippen LogP contribution in [0.4, 0.5) is 0 Å². The SMILES string of the molecule is C1COCOC1.C=CCOCC=C.OCCO. The van der Waals surface area contributed by atoms with E-state index in [0.29, 0.717) is 20.0 Å². The van der Waals surface area contributed by atoms with Gasteiger partial charge in [-0.1, -0.05) is 12.2 Å². The predicted octanol–water partition coefficient (Wildman–Crippen LogP) is 0.727. The van der Waals surface area contributed by atoms with Crippen LogP contribution in [0.5, 0.6) is 0 Å². The molecule has 1 aliphatic rings. The molecular weight excluding hydrogens is 224 g/mol. The Bertz CT molecular complexity index is 124. The van der Waals surface area contributed by atoms with E-state index in [2.05, 4.69) is 13.2 Å². The number of aliphatic hydroxyl groups is 2. The lowest BCUT2D eigenvalue weighted by atomic mass is 10.5. The number of aliphatic hydroxyl groups excluding tert-OH is 2. The Kier molecular flexibility index (Phi) is 22.7. The van der Waals surface area contributed by atoms with Gasteiger partial charge in [0, 0.05) is 0 Å². The van der Waals surface area contributed by atoms with Gasteiger partial charge in [0.05, 0.1) is 39.6 Å². The van der Waals surface area contributed by atoms with Gasteiger partial charge in [-0.3, -0.25) is 0 Å². The van der Waals surface area contributed by atoms with Crippen LogP contribution < -0.4 is 0 Å². The lowest BCUT2D eigenvalue weighted by Crippen LogP contribution is -2.11. The summed E-state index contributed by atoms with van der Waals surface area (Å²) in [7, 11) is 0. The summed E-state index contributed by atoms with van der Waals surface area (Å²) in [5.74, 6) is 0. The van der Waals surface area contributed by atoms with E-state index < -0.39 is 0 Å². The molecule has 0 aliphatic carbocycles. The first-order valence-electron chi connectivity index (χ1n) is 5.50. The highest BCUT2D eigenvalue weighted by Crippen LogP contribution is 1.91. The zero-order valence-corrected chi connectivity index (χ0v) is 10.3. The fourth-order valence-corrected chi connectivity index (χ4v) is 0.675. The summed E-state index contributed by atoms with van der Waals surface area (Å²) in [5.41, 5.74) is 0. The number of ether oxygens (including phenoxy) is 3. The first-order chi connectivity index (χ1) is 8.33. The van der Waals surface area contributed by atoms with Gasteiger partial charge in [-0.05, 0) is 6.42 Å². The summed E-state index contributed by atoms with van der Waals surface area (Å²) < 4.78 is 14.6. The van der Waals surface area contributed by atoms with Crippen molar-refractivity contribution < 1.29 is 24.4 Å². The molecule has 0 aromatic rings. The Morgan fingerprint density at radius 1 is 1.00 bits per heavy atom. The highest BCUT2D eigenvalue weighted by molar-refractivity contribution is 4.68. The van der Waals surface area contributed by atoms with Gasteiger partial charge in [-0.2, -0.15) is 0 Å². The van der Waals surface area contributed by atoms with Crippen molar-refractivity contribution in [2.45, 2.75) is 6.42 Å². The van der Waals surface area contributed by atoms with E-state index >= 15 is 0 Å². The molecule has 0 aromatic carbocycles. The molecule has 0 unspecified atom stereocenters. The predicted molar refractivity (Wildman–Crippen MR) is 66.8 cm³/mol. The minimum atomic E-state index is -0.125. The highest BCUT2D eigenvalue weighted by Gasteiger charge is 1.94. The van der Waals surface area contributed by atoms with E-state index in [-0.39, 0.29) is 13.2 Å². The summed E-state index contributed by atoms with van der Waals surface area (Å²) >= 11 is 0. The first-order valence-corrected chi connectivity index (χ1v) is 5.50. The highest BCUT2D eigenvalue weighted by atomic mass is 16.7. The van der Waals surface area contributed by atoms with Gasteiger partial charge in [0.15, 0.2) is 0 Å². The van der Waals surface area contributed by atoms with Crippen LogP contribution in [-0.4, -0.2) is 56.6 Å². The molecule has 102 valence electrons. The molecule has 5 nitrogen and oxygen atoms in total. The molecule has 1 fully saturated rings. The van der Waals surface area contributed by atoms with Crippen molar-refractivity contribution in [1.29, 1.82) is 0 Å². The lowest BCUT2D eigenvalue weighted by molar-refractivity contribution is -0.0963. The zero-order chi connectivity index (χ0) is 13.2. The van der Waals surface area contributed by atoms with Crippen LogP contribution in [0.15, 0.2) is 25.3 Å². The maximum Gasteiger partial charge on any atom is 0.146 e. The van der Waals surface area contributed by atoms with Crippen molar-refractivity contribution in [3.05, 3.63) is 25.3 Å². The molecule has 0 bridgehead atoms. The number of hydrogen-bond donors (Lipinski definition) is 2. The van der Waals surface area contributed by atoms with Crippen molar-refractivity contribution in [3.63, 3.8) is 0 Å². The van der Waals surface area contributed by atoms with Gasteiger partial charge >= 0.3 is 0 Å². The molecule has 0 spiro atoms. The maximum atomic E-state index is 7.62. The first kappa shape index (κ1) is 18.6. The largest absolute Gasteiger partial charge is 0.394 e. The van der Waals surface area contributed by atoms with Gasteiger partial charge in [0.2, 0.25) is 0 Å². The molecular formula is C12H24O5. The average molecular weight is 248 g/mol. The Hall–Kier alpha value is -0.720. The molecule has 1 saturated heterocycles. The Morgan fingerprint density at radius 3 is 1.65 bits per heavy atom. The molecule has 0 amide bonds. The van der Waals surface area contributed by atoms with E-state index in [1.807, 2.05) is 0 Å². The van der Waals surface area contributed by atoms with Crippen LogP contribution in [-0.2, 0) is 14.2 Å². The second-order valence-corrected chi connectivity index (χ2v) is 2.85. The lowest BCUT2D eigenvalue weighted by Gasteiger charge is -2.09. The fourth-order valence-electron chi connectivity index (χ4n) is 0.675. The van der Waals surface area contributed by atoms with Crippen LogP contribution in [0.1, 0.15) is 6.42 Å². The summed E-state index contributed by atoms with van der Waals surface area (Å²) in [6, 6.07) is 0. The molecule has 5 heteroatoms. The van der Waals surface area contributed by atoms with Crippen molar-refractivity contribution >= 4 is 0 Å². The Labute approximate surface area is 103 Å². The van der Waals surface area contributed by atoms with Gasteiger partial charge in [-0.25, -0.2) is 0 Å². The molecule has 0 radical (unpaired) electrons. The van der Waals surface area contributed by atoms with Crippen LogP contribution in [0.25, 0.3) is 0 Å². The topological polar surface area (TPSA) is 68.2 Å². The third-order valence-electron chi connectivity index (χ3n) is 1.32. The third-order valence-corrected chi connectivity index (χ3v) is 1.32. The van der Waals surface area contributed by atoms with Crippen molar-refractivity contribution in [2.75, 3.05) is 46.4 Å². The summed E-state index contributed by atoms with van der Waals surface area (Å²) in [5, 5.41) is 15.2. The third kappa shape index (κ3) is 25.5. The van der Waals surface area contributed by atoms with Gasteiger partial charge in [-0.15, -0.1) is 13.2 Å². The average Bonchev–Trinajstić information content (AvgIpc) is 2.42. The number of rotatable bonds is 5. The fraction of sp³-hybridized carbons (Fsp3) is 0.667. The van der Waals surface area contributed by atoms with Crippen LogP contribution in [0.2, 0.25) is 0 Å². The normalized spacial score (nSPS) is 13.5. The van der Waals surface area contributed by atoms with Crippen LogP contribution >= 0.6 is 0 Å². The quantitative estimate of drug-likeness (QED) is 0.554. The van der Waals surface area contributed by atoms with E-state index in [9.17, 15) is 0 Å². The second kappa shape index (κ2) is 20.7. The smallest absolute Gasteiger partial charge is 0.146 e. The summed E-state index contributed by atoms with van der Waals surface area (Å²) in [6.07, 6.45) is 4.48. The van der Waals surface area contributed by atoms with Gasteiger partial charge in [0.1, 0.15) is 6.79 Å². The summed E-state index contributed by atoms with van der Waals surface area (Å²) in [6.45, 7) is 10.2. The van der Waals surface area contributed by atoms with Crippen molar-refractivity contribution in [2.24, 2.45) is 0 Å². The van der Waals surface area contributed by atoms with E-state index in [1.165, 1.54) is 0 Å². The molecule has 1 heterocycles. The minimum absolute atomic E-state index is 0.125. The molecule has 0 aromatic heterocycles. The van der Waals surface area contributed by atoms with Crippen molar-refractivity contribution in [3.8, 4) is 0 Å². The van der Waals surface area contributed by atoms with Crippen LogP contribution in [0, 0.1) is 0 Å². The van der Waals surface area contributed by atoms with Crippen molar-refractivity contribution in [1.82, 2.24) is 0 Å². The van der Waals surface area contributed by atoms with E-state index in [4.69, 9.17) is 24.4 Å². The standard InChI is InChI=1S/C6H10O.C4H8O2.C2H6O2/c1-3-5-7-6-4-2;1-2-5-4-6-3-1;3-1-2-4/h3-4H,1-2,5-6H2;1-4H2;3-4H,1-2H2. The zero-order valence-electron chi connectivity index (χ0n) is 10.3. The van der Waals surface area contributed by atoms with E-state index in [1.54, 1.807) is 12.2 Å². The monoisotopic (exact) mass is 248 g/mol. The number of hydrogen-bond acceptors (Lipinski definition) is 5. The maximum absolute atomic E-state index is 7.62. The van der Waals surface area contributed by atoms with Gasteiger partial charge in [0.25, 0.3) is 0 Å². The summed E-state index contributed by atoms with van der Waals surface area (Å²) in [4.78, 5) is 0. The second-order valence-electron chi connectivity index (χ2n) is 2.85. The minimum Gasteiger partial charge on any atom is -0.394 e. The molecule has 0 atom stereocenters. The molecule has 17 heavy (non-hydrogen) atoms. The molecule has 2 N–H and O–H groups in total. The van der Waals surface area contributed by atoms with E-state index in [0.717, 1.165) is 19.6 Å². The molecule has 1 aliphatic heterocycles. The Balaban J connectivity index is 0. The Morgan fingerprint density at radius 2 is 1.47 bits per heavy atom.